The lowest BCUT2D eigenvalue weighted by molar-refractivity contribution is -0.384. The second-order valence-corrected chi connectivity index (χ2v) is 5.58. The first-order valence-corrected chi connectivity index (χ1v) is 8.07. The van der Waals surface area contributed by atoms with E-state index < -0.39 is 4.92 Å². The molecule has 0 fully saturated rings. The molecular formula is C14H21N3O3S. The van der Waals surface area contributed by atoms with Crippen LogP contribution in [0.1, 0.15) is 23.7 Å². The number of amides is 1. The molecule has 1 rings (SSSR count). The van der Waals surface area contributed by atoms with Crippen LogP contribution in [0.2, 0.25) is 0 Å². The second kappa shape index (κ2) is 7.87. The Labute approximate surface area is 129 Å². The van der Waals surface area contributed by atoms with Crippen molar-refractivity contribution >= 4 is 29.0 Å². The Morgan fingerprint density at radius 3 is 2.67 bits per heavy atom. The van der Waals surface area contributed by atoms with E-state index in [1.165, 1.54) is 6.07 Å². The van der Waals surface area contributed by atoms with Crippen LogP contribution < -0.4 is 5.32 Å². The van der Waals surface area contributed by atoms with E-state index in [0.29, 0.717) is 11.3 Å². The standard InChI is InChI=1S/C14H21N3O3S/c1-5-11(9-21-4)16(3)14(18)10-6-7-12(15-2)13(8-10)17(19)20/h6-8,11,15H,5,9H2,1-4H3. The van der Waals surface area contributed by atoms with Crippen molar-refractivity contribution in [2.75, 3.05) is 31.4 Å². The first-order valence-electron chi connectivity index (χ1n) is 6.68. The van der Waals surface area contributed by atoms with Crippen LogP contribution in [0.15, 0.2) is 18.2 Å². The molecule has 1 atom stereocenters. The van der Waals surface area contributed by atoms with Gasteiger partial charge in [0.05, 0.1) is 4.92 Å². The zero-order chi connectivity index (χ0) is 16.0. The van der Waals surface area contributed by atoms with Gasteiger partial charge in [-0.1, -0.05) is 6.92 Å². The molecule has 0 saturated carbocycles. The lowest BCUT2D eigenvalue weighted by Gasteiger charge is -2.26. The van der Waals surface area contributed by atoms with E-state index in [2.05, 4.69) is 5.32 Å². The third-order valence-electron chi connectivity index (χ3n) is 3.41. The van der Waals surface area contributed by atoms with E-state index in [0.717, 1.165) is 12.2 Å². The summed E-state index contributed by atoms with van der Waals surface area (Å²) in [6.45, 7) is 2.03. The molecule has 0 radical (unpaired) electrons. The van der Waals surface area contributed by atoms with Crippen LogP contribution in [0.3, 0.4) is 0 Å². The van der Waals surface area contributed by atoms with E-state index in [9.17, 15) is 14.9 Å². The molecular weight excluding hydrogens is 290 g/mol. The molecule has 1 N–H and O–H groups in total. The molecule has 6 nitrogen and oxygen atoms in total. The molecule has 0 bridgehead atoms. The predicted octanol–water partition coefficient (Wildman–Crippen LogP) is 2.85. The molecule has 0 aliphatic heterocycles. The van der Waals surface area contributed by atoms with Gasteiger partial charge >= 0.3 is 0 Å². The summed E-state index contributed by atoms with van der Waals surface area (Å²) in [5.74, 6) is 0.650. The molecule has 1 unspecified atom stereocenters. The van der Waals surface area contributed by atoms with Crippen LogP contribution in [-0.2, 0) is 0 Å². The number of carbonyl (C=O) groups is 1. The number of hydrogen-bond acceptors (Lipinski definition) is 5. The van der Waals surface area contributed by atoms with Gasteiger partial charge in [0, 0.05) is 37.5 Å². The molecule has 21 heavy (non-hydrogen) atoms. The summed E-state index contributed by atoms with van der Waals surface area (Å²) in [5, 5.41) is 13.8. The van der Waals surface area contributed by atoms with Crippen molar-refractivity contribution in [3.8, 4) is 0 Å². The molecule has 1 amide bonds. The Hall–Kier alpha value is -1.76. The Kier molecular flexibility index (Phi) is 6.48. The van der Waals surface area contributed by atoms with Gasteiger partial charge in [-0.05, 0) is 24.8 Å². The molecule has 0 aromatic heterocycles. The van der Waals surface area contributed by atoms with Crippen LogP contribution in [0.4, 0.5) is 11.4 Å². The SMILES string of the molecule is CCC(CSC)N(C)C(=O)c1ccc(NC)c([N+](=O)[O-])c1. The zero-order valence-corrected chi connectivity index (χ0v) is 13.6. The number of nitro groups is 1. The van der Waals surface area contributed by atoms with Gasteiger partial charge in [-0.2, -0.15) is 11.8 Å². The minimum Gasteiger partial charge on any atom is -0.383 e. The van der Waals surface area contributed by atoms with Crippen LogP contribution in [0.25, 0.3) is 0 Å². The Bertz CT molecular complexity index is 522. The molecule has 1 aromatic carbocycles. The summed E-state index contributed by atoms with van der Waals surface area (Å²) >= 11 is 1.68. The largest absolute Gasteiger partial charge is 0.383 e. The third-order valence-corrected chi connectivity index (χ3v) is 4.13. The van der Waals surface area contributed by atoms with Crippen LogP contribution in [-0.4, -0.2) is 47.9 Å². The van der Waals surface area contributed by atoms with Gasteiger partial charge in [0.2, 0.25) is 0 Å². The zero-order valence-electron chi connectivity index (χ0n) is 12.8. The summed E-state index contributed by atoms with van der Waals surface area (Å²) < 4.78 is 0. The molecule has 0 spiro atoms. The number of carbonyl (C=O) groups excluding carboxylic acids is 1. The first-order chi connectivity index (χ1) is 9.96. The van der Waals surface area contributed by atoms with Gasteiger partial charge in [-0.3, -0.25) is 14.9 Å². The van der Waals surface area contributed by atoms with Crippen molar-refractivity contribution in [2.45, 2.75) is 19.4 Å². The molecule has 0 saturated heterocycles. The average Bonchev–Trinajstić information content (AvgIpc) is 2.50. The summed E-state index contributed by atoms with van der Waals surface area (Å²) in [4.78, 5) is 24.7. The van der Waals surface area contributed by atoms with E-state index in [1.54, 1.807) is 42.9 Å². The number of nitrogens with one attached hydrogen (secondary N) is 1. The van der Waals surface area contributed by atoms with Crippen molar-refractivity contribution in [2.24, 2.45) is 0 Å². The van der Waals surface area contributed by atoms with Crippen molar-refractivity contribution in [1.82, 2.24) is 4.90 Å². The van der Waals surface area contributed by atoms with Crippen LogP contribution in [0, 0.1) is 10.1 Å². The molecule has 116 valence electrons. The fraction of sp³-hybridized carbons (Fsp3) is 0.500. The lowest BCUT2D eigenvalue weighted by Crippen LogP contribution is -2.38. The van der Waals surface area contributed by atoms with Crippen molar-refractivity contribution < 1.29 is 9.72 Å². The number of rotatable bonds is 7. The van der Waals surface area contributed by atoms with Gasteiger partial charge in [0.15, 0.2) is 0 Å². The number of thioether (sulfide) groups is 1. The van der Waals surface area contributed by atoms with Gasteiger partial charge in [0.1, 0.15) is 5.69 Å². The highest BCUT2D eigenvalue weighted by Crippen LogP contribution is 2.26. The first kappa shape index (κ1) is 17.3. The monoisotopic (exact) mass is 311 g/mol. The van der Waals surface area contributed by atoms with Gasteiger partial charge in [-0.25, -0.2) is 0 Å². The molecule has 0 aliphatic rings. The third kappa shape index (κ3) is 4.10. The predicted molar refractivity (Wildman–Crippen MR) is 87.2 cm³/mol. The number of nitro benzene ring substituents is 1. The van der Waals surface area contributed by atoms with Crippen LogP contribution in [0.5, 0.6) is 0 Å². The van der Waals surface area contributed by atoms with Crippen molar-refractivity contribution in [3.63, 3.8) is 0 Å². The maximum Gasteiger partial charge on any atom is 0.293 e. The number of anilines is 1. The topological polar surface area (TPSA) is 75.5 Å². The fourth-order valence-corrected chi connectivity index (χ4v) is 2.94. The van der Waals surface area contributed by atoms with Crippen LogP contribution >= 0.6 is 11.8 Å². The lowest BCUT2D eigenvalue weighted by atomic mass is 10.1. The van der Waals surface area contributed by atoms with Gasteiger partial charge in [-0.15, -0.1) is 0 Å². The maximum absolute atomic E-state index is 12.5. The fourth-order valence-electron chi connectivity index (χ4n) is 2.09. The minimum atomic E-state index is -0.484. The highest BCUT2D eigenvalue weighted by atomic mass is 32.2. The summed E-state index contributed by atoms with van der Waals surface area (Å²) in [5.41, 5.74) is 0.646. The Morgan fingerprint density at radius 2 is 2.19 bits per heavy atom. The second-order valence-electron chi connectivity index (χ2n) is 4.67. The van der Waals surface area contributed by atoms with Gasteiger partial charge < -0.3 is 10.2 Å². The molecule has 0 aliphatic carbocycles. The average molecular weight is 311 g/mol. The smallest absolute Gasteiger partial charge is 0.293 e. The number of hydrogen-bond donors (Lipinski definition) is 1. The van der Waals surface area contributed by atoms with E-state index in [4.69, 9.17) is 0 Å². The van der Waals surface area contributed by atoms with Crippen molar-refractivity contribution in [1.29, 1.82) is 0 Å². The molecule has 7 heteroatoms. The number of benzene rings is 1. The minimum absolute atomic E-state index is 0.0883. The highest BCUT2D eigenvalue weighted by molar-refractivity contribution is 7.98. The Balaban J connectivity index is 3.07. The summed E-state index contributed by atoms with van der Waals surface area (Å²) in [6, 6.07) is 4.63. The molecule has 1 aromatic rings. The normalized spacial score (nSPS) is 11.8. The Morgan fingerprint density at radius 1 is 1.52 bits per heavy atom. The highest BCUT2D eigenvalue weighted by Gasteiger charge is 2.22. The summed E-state index contributed by atoms with van der Waals surface area (Å²) in [6.07, 6.45) is 2.84. The summed E-state index contributed by atoms with van der Waals surface area (Å²) in [7, 11) is 3.35. The maximum atomic E-state index is 12.5. The van der Waals surface area contributed by atoms with E-state index in [1.807, 2.05) is 13.2 Å². The number of nitrogens with zero attached hydrogens (tertiary/aromatic N) is 2. The van der Waals surface area contributed by atoms with E-state index in [-0.39, 0.29) is 17.6 Å². The molecule has 0 heterocycles. The van der Waals surface area contributed by atoms with Crippen molar-refractivity contribution in [3.05, 3.63) is 33.9 Å². The van der Waals surface area contributed by atoms with E-state index >= 15 is 0 Å². The quantitative estimate of drug-likeness (QED) is 0.619. The van der Waals surface area contributed by atoms with Gasteiger partial charge in [0.25, 0.3) is 11.6 Å².